The number of thiocarbonyl (C=S) groups is 1. The molecular formula is C22H28Br2N2S2. The van der Waals surface area contributed by atoms with Crippen molar-refractivity contribution in [3.8, 4) is 0 Å². The third-order valence-corrected chi connectivity index (χ3v) is 6.27. The fraction of sp³-hybridized carbons (Fsp3) is 0.364. The molecule has 0 aliphatic heterocycles. The van der Waals surface area contributed by atoms with Gasteiger partial charge < -0.3 is 5.32 Å². The van der Waals surface area contributed by atoms with Crippen molar-refractivity contribution < 1.29 is 0 Å². The van der Waals surface area contributed by atoms with Gasteiger partial charge >= 0.3 is 0 Å². The Labute approximate surface area is 196 Å². The first-order valence-electron chi connectivity index (χ1n) is 9.26. The third-order valence-electron chi connectivity index (χ3n) is 3.49. The van der Waals surface area contributed by atoms with Crippen molar-refractivity contribution in [2.75, 3.05) is 11.1 Å². The van der Waals surface area contributed by atoms with Crippen LogP contribution < -0.4 is 5.32 Å². The molecule has 0 aliphatic carbocycles. The van der Waals surface area contributed by atoms with Crippen LogP contribution in [0.2, 0.25) is 0 Å². The minimum absolute atomic E-state index is 0.388. The van der Waals surface area contributed by atoms with E-state index in [-0.39, 0.29) is 0 Å². The Hall–Kier alpha value is -0.690. The fourth-order valence-corrected chi connectivity index (χ4v) is 3.38. The van der Waals surface area contributed by atoms with Crippen LogP contribution in [-0.2, 0) is 0 Å². The van der Waals surface area contributed by atoms with Crippen LogP contribution in [0.5, 0.6) is 0 Å². The number of nitrogens with one attached hydrogen (secondary N) is 1. The Kier molecular flexibility index (Phi) is 12.2. The predicted molar refractivity (Wildman–Crippen MR) is 139 cm³/mol. The summed E-state index contributed by atoms with van der Waals surface area (Å²) in [4.78, 5) is 5.52. The van der Waals surface area contributed by atoms with Crippen LogP contribution in [0.25, 0.3) is 0 Å². The molecule has 0 atom stereocenters. The van der Waals surface area contributed by atoms with Gasteiger partial charge in [-0.1, -0.05) is 78.7 Å². The van der Waals surface area contributed by atoms with Crippen molar-refractivity contribution in [3.63, 3.8) is 0 Å². The average Bonchev–Trinajstić information content (AvgIpc) is 2.65. The standard InChI is InChI=1S/C12H16BrNS.C10H12BrNS/c1-4-15-12(9(2)3)14-11-7-5-10(13)6-8-11;1-7(2)10(13)12-9-5-3-8(11)4-6-9/h5-9H,4H2,1-3H3;3-7H,1-2H3,(H,12,13). The van der Waals surface area contributed by atoms with Gasteiger partial charge in [-0.3, -0.25) is 0 Å². The predicted octanol–water partition coefficient (Wildman–Crippen LogP) is 8.73. The van der Waals surface area contributed by atoms with E-state index in [9.17, 15) is 0 Å². The smallest absolute Gasteiger partial charge is 0.0823 e. The molecule has 2 aromatic rings. The molecule has 0 radical (unpaired) electrons. The number of halogens is 2. The van der Waals surface area contributed by atoms with Gasteiger partial charge in [-0.15, -0.1) is 11.8 Å². The van der Waals surface area contributed by atoms with E-state index < -0.39 is 0 Å². The zero-order valence-electron chi connectivity index (χ0n) is 17.0. The zero-order chi connectivity index (χ0) is 21.1. The van der Waals surface area contributed by atoms with Crippen LogP contribution in [0.1, 0.15) is 34.6 Å². The summed E-state index contributed by atoms with van der Waals surface area (Å²) in [6.07, 6.45) is 0. The molecule has 28 heavy (non-hydrogen) atoms. The number of benzene rings is 2. The number of rotatable bonds is 5. The van der Waals surface area contributed by atoms with Gasteiger partial charge in [0, 0.05) is 26.5 Å². The molecule has 2 aromatic carbocycles. The van der Waals surface area contributed by atoms with E-state index in [2.05, 4.69) is 76.8 Å². The molecule has 0 fully saturated rings. The third kappa shape index (κ3) is 10.2. The Morgan fingerprint density at radius 1 is 0.929 bits per heavy atom. The number of anilines is 1. The molecule has 0 unspecified atom stereocenters. The van der Waals surface area contributed by atoms with Crippen molar-refractivity contribution in [3.05, 3.63) is 57.5 Å². The minimum Gasteiger partial charge on any atom is -0.350 e. The Morgan fingerprint density at radius 2 is 1.43 bits per heavy atom. The Bertz CT molecular complexity index is 755. The molecule has 0 heterocycles. The van der Waals surface area contributed by atoms with Crippen LogP contribution in [0.15, 0.2) is 62.5 Å². The summed E-state index contributed by atoms with van der Waals surface area (Å²) in [5, 5.41) is 4.39. The second-order valence-electron chi connectivity index (χ2n) is 6.67. The van der Waals surface area contributed by atoms with Crippen molar-refractivity contribution >= 4 is 77.2 Å². The van der Waals surface area contributed by atoms with E-state index in [4.69, 9.17) is 12.2 Å². The highest BCUT2D eigenvalue weighted by atomic mass is 79.9. The van der Waals surface area contributed by atoms with Gasteiger partial charge in [0.15, 0.2) is 0 Å². The van der Waals surface area contributed by atoms with Gasteiger partial charge in [0.2, 0.25) is 0 Å². The van der Waals surface area contributed by atoms with Gasteiger partial charge in [-0.2, -0.15) is 0 Å². The van der Waals surface area contributed by atoms with E-state index in [0.29, 0.717) is 11.8 Å². The van der Waals surface area contributed by atoms with Gasteiger partial charge in [-0.25, -0.2) is 4.99 Å². The van der Waals surface area contributed by atoms with Crippen LogP contribution in [-0.4, -0.2) is 15.8 Å². The lowest BCUT2D eigenvalue weighted by atomic mass is 10.2. The van der Waals surface area contributed by atoms with Crippen molar-refractivity contribution in [1.29, 1.82) is 0 Å². The summed E-state index contributed by atoms with van der Waals surface area (Å²) in [5.41, 5.74) is 2.07. The van der Waals surface area contributed by atoms with Crippen LogP contribution in [0.3, 0.4) is 0 Å². The van der Waals surface area contributed by atoms with E-state index in [1.165, 1.54) is 5.04 Å². The molecule has 0 aromatic heterocycles. The highest BCUT2D eigenvalue weighted by Gasteiger charge is 2.05. The Morgan fingerprint density at radius 3 is 1.86 bits per heavy atom. The summed E-state index contributed by atoms with van der Waals surface area (Å²) in [5.74, 6) is 1.96. The molecule has 152 valence electrons. The molecule has 6 heteroatoms. The van der Waals surface area contributed by atoms with E-state index in [1.54, 1.807) is 0 Å². The maximum Gasteiger partial charge on any atom is 0.0823 e. The van der Waals surface area contributed by atoms with Crippen molar-refractivity contribution in [2.24, 2.45) is 16.8 Å². The molecule has 0 saturated carbocycles. The first kappa shape index (κ1) is 25.3. The summed E-state index contributed by atoms with van der Waals surface area (Å²) in [6, 6.07) is 16.1. The molecule has 0 aliphatic rings. The monoisotopic (exact) mass is 542 g/mol. The summed E-state index contributed by atoms with van der Waals surface area (Å²) in [6.45, 7) is 10.7. The number of thioether (sulfide) groups is 1. The largest absolute Gasteiger partial charge is 0.350 e. The molecule has 0 amide bonds. The molecule has 1 N–H and O–H groups in total. The van der Waals surface area contributed by atoms with Gasteiger partial charge in [0.1, 0.15) is 0 Å². The van der Waals surface area contributed by atoms with Crippen LogP contribution in [0, 0.1) is 11.8 Å². The molecule has 2 nitrogen and oxygen atoms in total. The number of nitrogens with zero attached hydrogens (tertiary/aromatic N) is 1. The topological polar surface area (TPSA) is 24.4 Å². The first-order chi connectivity index (χ1) is 13.2. The normalized spacial score (nSPS) is 11.2. The summed E-state index contributed by atoms with van der Waals surface area (Å²) >= 11 is 13.8. The summed E-state index contributed by atoms with van der Waals surface area (Å²) < 4.78 is 2.17. The van der Waals surface area contributed by atoms with E-state index in [1.807, 2.05) is 60.3 Å². The second kappa shape index (κ2) is 13.5. The first-order valence-corrected chi connectivity index (χ1v) is 12.2. The lowest BCUT2D eigenvalue weighted by molar-refractivity contribution is 0.898. The maximum absolute atomic E-state index is 5.17. The quantitative estimate of drug-likeness (QED) is 0.232. The molecule has 0 saturated heterocycles. The second-order valence-corrected chi connectivity index (χ2v) is 10.2. The van der Waals surface area contributed by atoms with Crippen molar-refractivity contribution in [1.82, 2.24) is 0 Å². The number of hydrogen-bond donors (Lipinski definition) is 1. The average molecular weight is 544 g/mol. The number of hydrogen-bond acceptors (Lipinski definition) is 3. The maximum atomic E-state index is 5.17. The highest BCUT2D eigenvalue weighted by Crippen LogP contribution is 2.21. The minimum atomic E-state index is 0.388. The molecule has 0 spiro atoms. The SMILES string of the molecule is CC(C)C(=S)Nc1ccc(Br)cc1.CCSC(=Nc1ccc(Br)cc1)C(C)C. The zero-order valence-corrected chi connectivity index (χ0v) is 21.8. The lowest BCUT2D eigenvalue weighted by Crippen LogP contribution is -2.15. The molecular weight excluding hydrogens is 516 g/mol. The van der Waals surface area contributed by atoms with Crippen molar-refractivity contribution in [2.45, 2.75) is 34.6 Å². The van der Waals surface area contributed by atoms with Gasteiger partial charge in [-0.05, 0) is 54.3 Å². The fourth-order valence-electron chi connectivity index (χ4n) is 1.94. The van der Waals surface area contributed by atoms with Crippen LogP contribution in [0.4, 0.5) is 11.4 Å². The highest BCUT2D eigenvalue weighted by molar-refractivity contribution is 9.10. The Balaban J connectivity index is 0.000000283. The summed E-state index contributed by atoms with van der Waals surface area (Å²) in [7, 11) is 0. The number of aliphatic imine (C=N–C) groups is 1. The molecule has 0 bridgehead atoms. The van der Waals surface area contributed by atoms with Gasteiger partial charge in [0.25, 0.3) is 0 Å². The van der Waals surface area contributed by atoms with E-state index in [0.717, 1.165) is 31.1 Å². The van der Waals surface area contributed by atoms with E-state index >= 15 is 0 Å². The van der Waals surface area contributed by atoms with Gasteiger partial charge in [0.05, 0.1) is 15.7 Å². The lowest BCUT2D eigenvalue weighted by Gasteiger charge is -2.10. The van der Waals surface area contributed by atoms with Crippen LogP contribution >= 0.6 is 55.8 Å². The molecule has 2 rings (SSSR count).